The number of aromatic nitrogens is 1. The highest BCUT2D eigenvalue weighted by Gasteiger charge is 2.23. The highest BCUT2D eigenvalue weighted by Crippen LogP contribution is 2.32. The fourth-order valence-electron chi connectivity index (χ4n) is 3.46. The van der Waals surface area contributed by atoms with Gasteiger partial charge in [-0.1, -0.05) is 54.6 Å². The van der Waals surface area contributed by atoms with Crippen LogP contribution >= 0.6 is 0 Å². The van der Waals surface area contributed by atoms with Gasteiger partial charge >= 0.3 is 0 Å². The molecule has 2 heterocycles. The van der Waals surface area contributed by atoms with Crippen LogP contribution in [0.3, 0.4) is 0 Å². The number of amides is 1. The second-order valence-electron chi connectivity index (χ2n) is 6.91. The third-order valence-electron chi connectivity index (χ3n) is 4.94. The van der Waals surface area contributed by atoms with Crippen LogP contribution in [0.5, 0.6) is 5.75 Å². The highest BCUT2D eigenvalue weighted by molar-refractivity contribution is 6.34. The summed E-state index contributed by atoms with van der Waals surface area (Å²) in [5, 5.41) is 4.01. The summed E-state index contributed by atoms with van der Waals surface area (Å²) in [6, 6.07) is 27.5. The lowest BCUT2D eigenvalue weighted by Crippen LogP contribution is -2.03. The number of carbonyl (C=O) groups is 1. The van der Waals surface area contributed by atoms with Gasteiger partial charge in [-0.25, -0.2) is 4.98 Å². The van der Waals surface area contributed by atoms with Gasteiger partial charge in [-0.2, -0.15) is 0 Å². The van der Waals surface area contributed by atoms with Gasteiger partial charge in [0.2, 0.25) is 0 Å². The Bertz CT molecular complexity index is 1240. The lowest BCUT2D eigenvalue weighted by atomic mass is 10.0. The van der Waals surface area contributed by atoms with Gasteiger partial charge in [-0.05, 0) is 42.0 Å². The average Bonchev–Trinajstić information content (AvgIpc) is 3.08. The molecule has 0 fully saturated rings. The van der Waals surface area contributed by atoms with E-state index in [2.05, 4.69) is 16.4 Å². The Kier molecular flexibility index (Phi) is 4.30. The molecule has 29 heavy (non-hydrogen) atoms. The van der Waals surface area contributed by atoms with E-state index in [-0.39, 0.29) is 5.91 Å². The molecule has 140 valence electrons. The van der Waals surface area contributed by atoms with Gasteiger partial charge in [0.25, 0.3) is 5.91 Å². The van der Waals surface area contributed by atoms with E-state index in [4.69, 9.17) is 4.74 Å². The minimum absolute atomic E-state index is 0.0751. The molecule has 3 aromatic carbocycles. The standard InChI is InChI=1S/C25H18N2O2/c28-25-22(21-6-2-4-8-24(21)27-25)15-17-9-13-20(14-10-17)29-16-19-12-11-18-5-1-3-7-23(18)26-19/h1-15H,16H2,(H,27,28). The fourth-order valence-corrected chi connectivity index (χ4v) is 3.46. The Morgan fingerprint density at radius 2 is 1.66 bits per heavy atom. The molecule has 1 aliphatic heterocycles. The molecule has 0 bridgehead atoms. The topological polar surface area (TPSA) is 51.2 Å². The minimum Gasteiger partial charge on any atom is -0.487 e. The number of anilines is 1. The van der Waals surface area contributed by atoms with Crippen molar-refractivity contribution in [3.05, 3.63) is 102 Å². The third kappa shape index (κ3) is 3.48. The number of pyridine rings is 1. The van der Waals surface area contributed by atoms with Crippen LogP contribution in [-0.4, -0.2) is 10.9 Å². The van der Waals surface area contributed by atoms with Crippen LogP contribution in [0.2, 0.25) is 0 Å². The van der Waals surface area contributed by atoms with E-state index in [1.54, 1.807) is 0 Å². The minimum atomic E-state index is -0.0751. The molecule has 5 rings (SSSR count). The Balaban J connectivity index is 1.31. The summed E-state index contributed by atoms with van der Waals surface area (Å²) in [5.41, 5.74) is 5.25. The number of hydrogen-bond acceptors (Lipinski definition) is 3. The number of para-hydroxylation sites is 2. The van der Waals surface area contributed by atoms with Crippen molar-refractivity contribution in [2.45, 2.75) is 6.61 Å². The first kappa shape index (κ1) is 17.2. The lowest BCUT2D eigenvalue weighted by molar-refractivity contribution is -0.110. The SMILES string of the molecule is O=C1Nc2ccccc2C1=Cc1ccc(OCc2ccc3ccccc3n2)cc1. The van der Waals surface area contributed by atoms with Crippen molar-refractivity contribution in [2.24, 2.45) is 0 Å². The average molecular weight is 378 g/mol. The van der Waals surface area contributed by atoms with Gasteiger partial charge in [-0.15, -0.1) is 0 Å². The Morgan fingerprint density at radius 3 is 2.55 bits per heavy atom. The number of nitrogens with zero attached hydrogens (tertiary/aromatic N) is 1. The van der Waals surface area contributed by atoms with Gasteiger partial charge in [-0.3, -0.25) is 4.79 Å². The normalized spacial score (nSPS) is 14.1. The zero-order valence-electron chi connectivity index (χ0n) is 15.6. The number of carbonyl (C=O) groups excluding carboxylic acids is 1. The van der Waals surface area contributed by atoms with E-state index in [1.807, 2.05) is 84.9 Å². The van der Waals surface area contributed by atoms with E-state index in [1.165, 1.54) is 0 Å². The van der Waals surface area contributed by atoms with E-state index >= 15 is 0 Å². The van der Waals surface area contributed by atoms with Gasteiger partial charge in [0.05, 0.1) is 11.2 Å². The van der Waals surface area contributed by atoms with E-state index in [0.717, 1.165) is 39.2 Å². The maximum absolute atomic E-state index is 12.2. The molecule has 4 heteroatoms. The summed E-state index contributed by atoms with van der Waals surface area (Å²) < 4.78 is 5.88. The molecule has 1 aromatic heterocycles. The molecule has 0 spiro atoms. The maximum Gasteiger partial charge on any atom is 0.256 e. The molecule has 4 aromatic rings. The predicted molar refractivity (Wildman–Crippen MR) is 115 cm³/mol. The number of hydrogen-bond donors (Lipinski definition) is 1. The number of ether oxygens (including phenoxy) is 1. The summed E-state index contributed by atoms with van der Waals surface area (Å²) in [7, 11) is 0. The van der Waals surface area contributed by atoms with Crippen LogP contribution in [0, 0.1) is 0 Å². The number of nitrogens with one attached hydrogen (secondary N) is 1. The van der Waals surface area contributed by atoms with Gasteiger partial charge in [0.15, 0.2) is 0 Å². The van der Waals surface area contributed by atoms with Crippen molar-refractivity contribution in [3.63, 3.8) is 0 Å². The summed E-state index contributed by atoms with van der Waals surface area (Å²) in [6.07, 6.45) is 1.90. The molecule has 0 saturated carbocycles. The third-order valence-corrected chi connectivity index (χ3v) is 4.94. The van der Waals surface area contributed by atoms with Crippen molar-refractivity contribution >= 4 is 34.1 Å². The van der Waals surface area contributed by atoms with Crippen molar-refractivity contribution in [1.82, 2.24) is 4.98 Å². The Hall–Kier alpha value is -3.92. The molecule has 0 radical (unpaired) electrons. The second kappa shape index (κ2) is 7.24. The van der Waals surface area contributed by atoms with Crippen LogP contribution < -0.4 is 10.1 Å². The monoisotopic (exact) mass is 378 g/mol. The summed E-state index contributed by atoms with van der Waals surface area (Å²) in [6.45, 7) is 0.404. The van der Waals surface area contributed by atoms with Crippen LogP contribution in [0.4, 0.5) is 5.69 Å². The summed E-state index contributed by atoms with van der Waals surface area (Å²) in [5.74, 6) is 0.687. The molecular weight excluding hydrogens is 360 g/mol. The van der Waals surface area contributed by atoms with Crippen molar-refractivity contribution < 1.29 is 9.53 Å². The van der Waals surface area contributed by atoms with E-state index in [0.29, 0.717) is 12.2 Å². The molecule has 0 unspecified atom stereocenters. The Labute approximate surface area is 168 Å². The number of fused-ring (bicyclic) bond motifs is 2. The van der Waals surface area contributed by atoms with Gasteiger partial charge in [0.1, 0.15) is 12.4 Å². The molecular formula is C25H18N2O2. The largest absolute Gasteiger partial charge is 0.487 e. The lowest BCUT2D eigenvalue weighted by Gasteiger charge is -2.07. The first-order valence-corrected chi connectivity index (χ1v) is 9.46. The van der Waals surface area contributed by atoms with Crippen LogP contribution in [0.1, 0.15) is 16.8 Å². The van der Waals surface area contributed by atoms with Crippen LogP contribution in [0.15, 0.2) is 84.9 Å². The smallest absolute Gasteiger partial charge is 0.256 e. The molecule has 1 amide bonds. The summed E-state index contributed by atoms with van der Waals surface area (Å²) >= 11 is 0. The molecule has 1 N–H and O–H groups in total. The molecule has 0 saturated heterocycles. The predicted octanol–water partition coefficient (Wildman–Crippen LogP) is 5.31. The molecule has 0 aliphatic carbocycles. The molecule has 4 nitrogen and oxygen atoms in total. The highest BCUT2D eigenvalue weighted by atomic mass is 16.5. The fraction of sp³-hybridized carbons (Fsp3) is 0.0400. The van der Waals surface area contributed by atoms with Crippen molar-refractivity contribution in [2.75, 3.05) is 5.32 Å². The number of benzene rings is 3. The number of rotatable bonds is 4. The van der Waals surface area contributed by atoms with Gasteiger partial charge < -0.3 is 10.1 Å². The summed E-state index contributed by atoms with van der Waals surface area (Å²) in [4.78, 5) is 16.9. The second-order valence-corrected chi connectivity index (χ2v) is 6.91. The first-order chi connectivity index (χ1) is 14.3. The van der Waals surface area contributed by atoms with Crippen LogP contribution in [0.25, 0.3) is 22.6 Å². The quantitative estimate of drug-likeness (QED) is 0.490. The van der Waals surface area contributed by atoms with Crippen molar-refractivity contribution in [1.29, 1.82) is 0 Å². The molecule has 0 atom stereocenters. The van der Waals surface area contributed by atoms with Gasteiger partial charge in [0, 0.05) is 22.2 Å². The molecule has 1 aliphatic rings. The van der Waals surface area contributed by atoms with E-state index < -0.39 is 0 Å². The zero-order chi connectivity index (χ0) is 19.6. The first-order valence-electron chi connectivity index (χ1n) is 9.46. The Morgan fingerprint density at radius 1 is 0.862 bits per heavy atom. The zero-order valence-corrected chi connectivity index (χ0v) is 15.6. The maximum atomic E-state index is 12.2. The van der Waals surface area contributed by atoms with E-state index in [9.17, 15) is 4.79 Å². The van der Waals surface area contributed by atoms with Crippen LogP contribution in [-0.2, 0) is 11.4 Å². The van der Waals surface area contributed by atoms with Crippen molar-refractivity contribution in [3.8, 4) is 5.75 Å².